The minimum absolute atomic E-state index is 0.615. The number of ether oxygens (including phenoxy) is 2. The van der Waals surface area contributed by atoms with Gasteiger partial charge < -0.3 is 14.8 Å². The Morgan fingerprint density at radius 3 is 2.55 bits per heavy atom. The van der Waals surface area contributed by atoms with Crippen molar-refractivity contribution < 1.29 is 9.47 Å². The Hall–Kier alpha value is -1.20. The highest BCUT2D eigenvalue weighted by Crippen LogP contribution is 2.16. The van der Waals surface area contributed by atoms with E-state index in [0.29, 0.717) is 19.8 Å². The maximum Gasteiger partial charge on any atom is 0.133 e. The molecule has 114 valence electrons. The summed E-state index contributed by atoms with van der Waals surface area (Å²) >= 11 is 0. The van der Waals surface area contributed by atoms with Gasteiger partial charge in [0.2, 0.25) is 0 Å². The average molecular weight is 281 g/mol. The monoisotopic (exact) mass is 281 g/mol. The van der Waals surface area contributed by atoms with Crippen molar-refractivity contribution in [3.05, 3.63) is 17.1 Å². The molecule has 20 heavy (non-hydrogen) atoms. The number of methoxy groups -OCH3 is 1. The van der Waals surface area contributed by atoms with E-state index in [4.69, 9.17) is 9.47 Å². The first kappa shape index (κ1) is 16.9. The smallest absolute Gasteiger partial charge is 0.133 e. The van der Waals surface area contributed by atoms with E-state index in [-0.39, 0.29) is 0 Å². The first-order chi connectivity index (χ1) is 9.72. The molecule has 1 aromatic rings. The highest BCUT2D eigenvalue weighted by Gasteiger charge is 2.09. The van der Waals surface area contributed by atoms with Gasteiger partial charge >= 0.3 is 0 Å². The minimum Gasteiger partial charge on any atom is -0.382 e. The number of nitrogens with zero attached hydrogens (tertiary/aromatic N) is 2. The molecule has 5 nitrogen and oxygen atoms in total. The molecule has 1 heterocycles. The van der Waals surface area contributed by atoms with Crippen LogP contribution in [-0.4, -0.2) is 43.4 Å². The van der Waals surface area contributed by atoms with Crippen LogP contribution in [0.15, 0.2) is 0 Å². The Morgan fingerprint density at radius 1 is 1.10 bits per heavy atom. The standard InChI is InChI=1S/C15H27N3O2/c1-5-8-16-15-12(3)13(6-2)17-14(18-15)7-9-20-11-10-19-4/h5-11H2,1-4H3,(H,16,17,18). The largest absolute Gasteiger partial charge is 0.382 e. The van der Waals surface area contributed by atoms with Gasteiger partial charge in [0.25, 0.3) is 0 Å². The SMILES string of the molecule is CCCNc1nc(CCOCCOC)nc(CC)c1C. The molecule has 0 aliphatic carbocycles. The van der Waals surface area contributed by atoms with Crippen LogP contribution >= 0.6 is 0 Å². The fourth-order valence-electron chi connectivity index (χ4n) is 1.89. The molecule has 1 N–H and O–H groups in total. The molecule has 0 saturated carbocycles. The topological polar surface area (TPSA) is 56.3 Å². The zero-order valence-corrected chi connectivity index (χ0v) is 13.2. The van der Waals surface area contributed by atoms with Gasteiger partial charge in [-0.15, -0.1) is 0 Å². The molecule has 0 amide bonds. The van der Waals surface area contributed by atoms with Crippen LogP contribution in [0.5, 0.6) is 0 Å². The molecule has 0 atom stereocenters. The van der Waals surface area contributed by atoms with Crippen LogP contribution in [0.4, 0.5) is 5.82 Å². The van der Waals surface area contributed by atoms with Gasteiger partial charge in [-0.1, -0.05) is 13.8 Å². The second kappa shape index (κ2) is 9.66. The van der Waals surface area contributed by atoms with Crippen LogP contribution in [0.3, 0.4) is 0 Å². The maximum absolute atomic E-state index is 5.48. The molecule has 0 saturated heterocycles. The Kier molecular flexibility index (Phi) is 8.14. The molecule has 1 rings (SSSR count). The Bertz CT molecular complexity index is 397. The van der Waals surface area contributed by atoms with E-state index in [1.807, 2.05) is 0 Å². The number of aryl methyl sites for hydroxylation is 1. The molecular formula is C15H27N3O2. The predicted octanol–water partition coefficient (Wildman–Crippen LogP) is 2.37. The van der Waals surface area contributed by atoms with Crippen LogP contribution in [-0.2, 0) is 22.3 Å². The van der Waals surface area contributed by atoms with E-state index >= 15 is 0 Å². The summed E-state index contributed by atoms with van der Waals surface area (Å²) in [7, 11) is 1.67. The Labute approximate surface area is 122 Å². The van der Waals surface area contributed by atoms with Crippen molar-refractivity contribution in [2.45, 2.75) is 40.0 Å². The summed E-state index contributed by atoms with van der Waals surface area (Å²) in [5.41, 5.74) is 2.27. The zero-order chi connectivity index (χ0) is 14.8. The lowest BCUT2D eigenvalue weighted by molar-refractivity contribution is 0.0716. The van der Waals surface area contributed by atoms with Crippen LogP contribution in [0.25, 0.3) is 0 Å². The number of hydrogen-bond donors (Lipinski definition) is 1. The lowest BCUT2D eigenvalue weighted by Crippen LogP contribution is -2.12. The van der Waals surface area contributed by atoms with Crippen molar-refractivity contribution in [2.24, 2.45) is 0 Å². The first-order valence-electron chi connectivity index (χ1n) is 7.39. The minimum atomic E-state index is 0.615. The fraction of sp³-hybridized carbons (Fsp3) is 0.733. The van der Waals surface area contributed by atoms with Crippen molar-refractivity contribution >= 4 is 5.82 Å². The van der Waals surface area contributed by atoms with Gasteiger partial charge in [0.05, 0.1) is 19.8 Å². The van der Waals surface area contributed by atoms with Gasteiger partial charge in [0.15, 0.2) is 0 Å². The number of aromatic nitrogens is 2. The normalized spacial score (nSPS) is 10.8. The van der Waals surface area contributed by atoms with Crippen LogP contribution in [0.1, 0.15) is 37.4 Å². The summed E-state index contributed by atoms with van der Waals surface area (Å²) < 4.78 is 10.4. The lowest BCUT2D eigenvalue weighted by atomic mass is 10.2. The third kappa shape index (κ3) is 5.43. The molecule has 0 spiro atoms. The number of anilines is 1. The van der Waals surface area contributed by atoms with Gasteiger partial charge in [0, 0.05) is 31.3 Å². The van der Waals surface area contributed by atoms with Crippen molar-refractivity contribution in [1.29, 1.82) is 0 Å². The molecular weight excluding hydrogens is 254 g/mol. The van der Waals surface area contributed by atoms with Crippen molar-refractivity contribution in [3.63, 3.8) is 0 Å². The number of hydrogen-bond acceptors (Lipinski definition) is 5. The fourth-order valence-corrected chi connectivity index (χ4v) is 1.89. The molecule has 5 heteroatoms. The van der Waals surface area contributed by atoms with E-state index in [1.54, 1.807) is 7.11 Å². The summed E-state index contributed by atoms with van der Waals surface area (Å²) in [5, 5.41) is 3.38. The Morgan fingerprint density at radius 2 is 1.90 bits per heavy atom. The highest BCUT2D eigenvalue weighted by molar-refractivity contribution is 5.45. The number of nitrogens with one attached hydrogen (secondary N) is 1. The van der Waals surface area contributed by atoms with E-state index in [9.17, 15) is 0 Å². The summed E-state index contributed by atoms with van der Waals surface area (Å²) in [4.78, 5) is 9.22. The molecule has 1 aromatic heterocycles. The van der Waals surface area contributed by atoms with Crippen LogP contribution in [0, 0.1) is 6.92 Å². The maximum atomic E-state index is 5.48. The molecule has 0 aliphatic heterocycles. The molecule has 0 unspecified atom stereocenters. The lowest BCUT2D eigenvalue weighted by Gasteiger charge is -2.13. The highest BCUT2D eigenvalue weighted by atomic mass is 16.5. The van der Waals surface area contributed by atoms with Crippen molar-refractivity contribution in [1.82, 2.24) is 9.97 Å². The molecule has 0 fully saturated rings. The second-order valence-corrected chi connectivity index (χ2v) is 4.70. The molecule has 0 aromatic carbocycles. The van der Waals surface area contributed by atoms with Gasteiger partial charge in [-0.25, -0.2) is 9.97 Å². The molecule has 0 radical (unpaired) electrons. The molecule has 0 bridgehead atoms. The van der Waals surface area contributed by atoms with E-state index in [0.717, 1.165) is 48.7 Å². The van der Waals surface area contributed by atoms with Gasteiger partial charge in [0.1, 0.15) is 11.6 Å². The van der Waals surface area contributed by atoms with E-state index in [2.05, 4.69) is 36.1 Å². The van der Waals surface area contributed by atoms with Gasteiger partial charge in [-0.05, 0) is 19.8 Å². The predicted molar refractivity (Wildman–Crippen MR) is 81.3 cm³/mol. The second-order valence-electron chi connectivity index (χ2n) is 4.70. The summed E-state index contributed by atoms with van der Waals surface area (Å²) in [6.45, 7) is 9.15. The van der Waals surface area contributed by atoms with Gasteiger partial charge in [-0.3, -0.25) is 0 Å². The van der Waals surface area contributed by atoms with Crippen LogP contribution < -0.4 is 5.32 Å². The van der Waals surface area contributed by atoms with Crippen molar-refractivity contribution in [3.8, 4) is 0 Å². The van der Waals surface area contributed by atoms with Crippen LogP contribution in [0.2, 0.25) is 0 Å². The van der Waals surface area contributed by atoms with E-state index < -0.39 is 0 Å². The Balaban J connectivity index is 2.65. The average Bonchev–Trinajstić information content (AvgIpc) is 2.47. The quantitative estimate of drug-likeness (QED) is 0.667. The third-order valence-corrected chi connectivity index (χ3v) is 3.07. The summed E-state index contributed by atoms with van der Waals surface area (Å²) in [6.07, 6.45) is 2.74. The number of rotatable bonds is 10. The van der Waals surface area contributed by atoms with Crippen molar-refractivity contribution in [2.75, 3.05) is 38.8 Å². The van der Waals surface area contributed by atoms with E-state index in [1.165, 1.54) is 0 Å². The third-order valence-electron chi connectivity index (χ3n) is 3.07. The molecule has 0 aliphatic rings. The summed E-state index contributed by atoms with van der Waals surface area (Å²) in [6, 6.07) is 0. The first-order valence-corrected chi connectivity index (χ1v) is 7.39. The summed E-state index contributed by atoms with van der Waals surface area (Å²) in [5.74, 6) is 1.81. The van der Waals surface area contributed by atoms with Gasteiger partial charge in [-0.2, -0.15) is 0 Å². The zero-order valence-electron chi connectivity index (χ0n) is 13.2.